The van der Waals surface area contributed by atoms with Gasteiger partial charge < -0.3 is 5.11 Å². The van der Waals surface area contributed by atoms with Gasteiger partial charge in [-0.05, 0) is 5.56 Å². The molecular formula is C9H10N2O3. The van der Waals surface area contributed by atoms with E-state index in [1.807, 2.05) is 23.6 Å². The molecule has 1 aromatic rings. The number of hydrogen-bond acceptors (Lipinski definition) is 3. The molecule has 0 aliphatic rings. The third-order valence-electron chi connectivity index (χ3n) is 1.79. The largest absolute Gasteiger partial charge is 0.480 e. The van der Waals surface area contributed by atoms with E-state index in [2.05, 4.69) is 5.29 Å². The zero-order valence-corrected chi connectivity index (χ0v) is 7.38. The highest BCUT2D eigenvalue weighted by Gasteiger charge is 2.17. The molecule has 5 heteroatoms. The van der Waals surface area contributed by atoms with E-state index in [-0.39, 0.29) is 6.42 Å². The molecule has 0 bridgehead atoms. The van der Waals surface area contributed by atoms with Crippen LogP contribution in [0.25, 0.3) is 0 Å². The molecule has 2 N–H and O–H groups in total. The summed E-state index contributed by atoms with van der Waals surface area (Å²) in [7, 11) is 0. The number of rotatable bonds is 5. The first-order valence-electron chi connectivity index (χ1n) is 4.08. The maximum absolute atomic E-state index is 10.6. The molecule has 1 atom stereocenters. The van der Waals surface area contributed by atoms with Gasteiger partial charge in [-0.1, -0.05) is 30.3 Å². The van der Waals surface area contributed by atoms with Crippen molar-refractivity contribution in [3.8, 4) is 0 Å². The van der Waals surface area contributed by atoms with E-state index in [9.17, 15) is 9.70 Å². The third kappa shape index (κ3) is 2.85. The fraction of sp³-hybridized carbons (Fsp3) is 0.222. The molecule has 0 aliphatic heterocycles. The zero-order chi connectivity index (χ0) is 10.4. The Morgan fingerprint density at radius 3 is 2.57 bits per heavy atom. The number of benzene rings is 1. The van der Waals surface area contributed by atoms with Crippen molar-refractivity contribution < 1.29 is 9.90 Å². The van der Waals surface area contributed by atoms with Gasteiger partial charge in [-0.3, -0.25) is 5.43 Å². The van der Waals surface area contributed by atoms with Crippen molar-refractivity contribution in [3.63, 3.8) is 0 Å². The Morgan fingerprint density at radius 2 is 2.07 bits per heavy atom. The Hall–Kier alpha value is -1.91. The fourth-order valence-corrected chi connectivity index (χ4v) is 1.10. The fourth-order valence-electron chi connectivity index (χ4n) is 1.10. The number of carbonyl (C=O) groups is 1. The predicted molar refractivity (Wildman–Crippen MR) is 50.5 cm³/mol. The average molecular weight is 194 g/mol. The van der Waals surface area contributed by atoms with Gasteiger partial charge in [0.05, 0.1) is 5.29 Å². The van der Waals surface area contributed by atoms with Crippen molar-refractivity contribution in [2.75, 3.05) is 0 Å². The van der Waals surface area contributed by atoms with E-state index in [1.165, 1.54) is 0 Å². The van der Waals surface area contributed by atoms with Crippen LogP contribution in [-0.2, 0) is 11.2 Å². The molecule has 0 spiro atoms. The van der Waals surface area contributed by atoms with E-state index in [4.69, 9.17) is 5.11 Å². The molecule has 14 heavy (non-hydrogen) atoms. The van der Waals surface area contributed by atoms with Gasteiger partial charge in [-0.25, -0.2) is 4.79 Å². The molecule has 0 saturated heterocycles. The lowest BCUT2D eigenvalue weighted by Crippen LogP contribution is -2.34. The third-order valence-corrected chi connectivity index (χ3v) is 1.79. The van der Waals surface area contributed by atoms with Crippen molar-refractivity contribution in [2.45, 2.75) is 12.5 Å². The topological polar surface area (TPSA) is 78.8 Å². The molecule has 0 heterocycles. The van der Waals surface area contributed by atoms with Crippen molar-refractivity contribution in [3.05, 3.63) is 40.8 Å². The summed E-state index contributed by atoms with van der Waals surface area (Å²) in [5, 5.41) is 11.1. The number of nitrogens with zero attached hydrogens (tertiary/aromatic N) is 1. The molecular weight excluding hydrogens is 184 g/mol. The lowest BCUT2D eigenvalue weighted by atomic mass is 10.1. The minimum atomic E-state index is -1.09. The molecule has 0 fully saturated rings. The minimum absolute atomic E-state index is 0.238. The molecule has 0 aliphatic carbocycles. The molecule has 1 aromatic carbocycles. The standard InChI is InChI=1S/C9H10N2O3/c12-9(13)8(10-11-14)6-7-4-2-1-3-5-7/h1-5,8H,6H2,(H,10,14)(H,12,13). The number of hydrogen-bond donors (Lipinski definition) is 2. The Labute approximate surface area is 80.7 Å². The van der Waals surface area contributed by atoms with Gasteiger partial charge in [-0.2, -0.15) is 0 Å². The molecule has 0 radical (unpaired) electrons. The quantitative estimate of drug-likeness (QED) is 0.540. The number of nitrogens with one attached hydrogen (secondary N) is 1. The van der Waals surface area contributed by atoms with Gasteiger partial charge in [-0.15, -0.1) is 4.91 Å². The predicted octanol–water partition coefficient (Wildman–Crippen LogP) is 0.953. The van der Waals surface area contributed by atoms with E-state index in [0.717, 1.165) is 5.56 Å². The first-order chi connectivity index (χ1) is 6.74. The van der Waals surface area contributed by atoms with E-state index >= 15 is 0 Å². The summed E-state index contributed by atoms with van der Waals surface area (Å²) in [6, 6.07) is 8.08. The van der Waals surface area contributed by atoms with E-state index in [0.29, 0.717) is 0 Å². The number of aliphatic carboxylic acids is 1. The normalized spacial score (nSPS) is 11.7. The van der Waals surface area contributed by atoms with Gasteiger partial charge >= 0.3 is 5.97 Å². The highest BCUT2D eigenvalue weighted by atomic mass is 16.4. The van der Waals surface area contributed by atoms with Crippen LogP contribution in [0, 0.1) is 4.91 Å². The van der Waals surface area contributed by atoms with Crippen LogP contribution in [0.4, 0.5) is 0 Å². The average Bonchev–Trinajstić information content (AvgIpc) is 2.18. The van der Waals surface area contributed by atoms with Crippen LogP contribution >= 0.6 is 0 Å². The van der Waals surface area contributed by atoms with Gasteiger partial charge in [0, 0.05) is 6.42 Å². The zero-order valence-electron chi connectivity index (χ0n) is 7.38. The Kier molecular flexibility index (Phi) is 3.60. The van der Waals surface area contributed by atoms with Crippen LogP contribution in [0.3, 0.4) is 0 Å². The molecule has 5 nitrogen and oxygen atoms in total. The highest BCUT2D eigenvalue weighted by Crippen LogP contribution is 2.03. The van der Waals surface area contributed by atoms with Crippen molar-refractivity contribution in [1.29, 1.82) is 0 Å². The van der Waals surface area contributed by atoms with Crippen LogP contribution in [0.1, 0.15) is 5.56 Å². The van der Waals surface area contributed by atoms with Crippen LogP contribution in [0.2, 0.25) is 0 Å². The maximum atomic E-state index is 10.6. The Morgan fingerprint density at radius 1 is 1.43 bits per heavy atom. The smallest absolute Gasteiger partial charge is 0.328 e. The van der Waals surface area contributed by atoms with Crippen LogP contribution < -0.4 is 5.43 Å². The molecule has 0 aromatic heterocycles. The Bertz CT molecular complexity index is 313. The highest BCUT2D eigenvalue weighted by molar-refractivity contribution is 5.73. The van der Waals surface area contributed by atoms with Crippen molar-refractivity contribution in [1.82, 2.24) is 5.43 Å². The summed E-state index contributed by atoms with van der Waals surface area (Å²) < 4.78 is 0. The summed E-state index contributed by atoms with van der Waals surface area (Å²) in [5.41, 5.74) is 2.84. The van der Waals surface area contributed by atoms with Gasteiger partial charge in [0.2, 0.25) is 0 Å². The molecule has 0 amide bonds. The van der Waals surface area contributed by atoms with E-state index < -0.39 is 12.0 Å². The lowest BCUT2D eigenvalue weighted by Gasteiger charge is -2.09. The molecule has 1 rings (SSSR count). The minimum Gasteiger partial charge on any atom is -0.480 e. The monoisotopic (exact) mass is 194 g/mol. The first kappa shape index (κ1) is 10.2. The lowest BCUT2D eigenvalue weighted by molar-refractivity contribution is -0.139. The van der Waals surface area contributed by atoms with E-state index in [1.54, 1.807) is 12.1 Å². The summed E-state index contributed by atoms with van der Waals surface area (Å²) in [6.45, 7) is 0. The number of carboxylic acid groups (broad SMARTS) is 1. The van der Waals surface area contributed by atoms with Crippen LogP contribution in [0.15, 0.2) is 35.6 Å². The maximum Gasteiger partial charge on any atom is 0.328 e. The summed E-state index contributed by atoms with van der Waals surface area (Å²) >= 11 is 0. The van der Waals surface area contributed by atoms with Gasteiger partial charge in [0.1, 0.15) is 6.04 Å². The van der Waals surface area contributed by atoms with Crippen molar-refractivity contribution in [2.24, 2.45) is 5.29 Å². The van der Waals surface area contributed by atoms with Crippen LogP contribution in [-0.4, -0.2) is 17.1 Å². The Balaban J connectivity index is 2.64. The number of nitroso groups, excluding NO2 is 1. The summed E-state index contributed by atoms with van der Waals surface area (Å²) in [6.07, 6.45) is 0.238. The second-order valence-electron chi connectivity index (χ2n) is 2.80. The summed E-state index contributed by atoms with van der Waals surface area (Å²) in [4.78, 5) is 20.5. The molecule has 0 saturated carbocycles. The molecule has 1 unspecified atom stereocenters. The molecule has 74 valence electrons. The van der Waals surface area contributed by atoms with Gasteiger partial charge in [0.15, 0.2) is 0 Å². The second-order valence-corrected chi connectivity index (χ2v) is 2.80. The SMILES string of the molecule is O=NNC(Cc1ccccc1)C(=O)O. The van der Waals surface area contributed by atoms with Crippen LogP contribution in [0.5, 0.6) is 0 Å². The summed E-state index contributed by atoms with van der Waals surface area (Å²) in [5.74, 6) is -1.09. The second kappa shape index (κ2) is 4.96. The van der Waals surface area contributed by atoms with Gasteiger partial charge in [0.25, 0.3) is 0 Å². The van der Waals surface area contributed by atoms with Crippen molar-refractivity contribution >= 4 is 5.97 Å². The number of carboxylic acids is 1. The first-order valence-corrected chi connectivity index (χ1v) is 4.08.